The van der Waals surface area contributed by atoms with E-state index in [1.54, 1.807) is 19.2 Å². The van der Waals surface area contributed by atoms with E-state index in [1.807, 2.05) is 29.2 Å². The van der Waals surface area contributed by atoms with Crippen LogP contribution in [-0.2, 0) is 6.61 Å². The zero-order valence-electron chi connectivity index (χ0n) is 23.1. The van der Waals surface area contributed by atoms with Gasteiger partial charge in [0.15, 0.2) is 0 Å². The van der Waals surface area contributed by atoms with E-state index in [0.29, 0.717) is 10.8 Å². The molecule has 2 aliphatic heterocycles. The Morgan fingerprint density at radius 2 is 1.65 bits per heavy atom. The number of nitrogens with zero attached hydrogens (tertiary/aromatic N) is 7. The quantitative estimate of drug-likeness (QED) is 0.341. The van der Waals surface area contributed by atoms with Crippen LogP contribution in [0, 0.1) is 5.92 Å². The third-order valence-electron chi connectivity index (χ3n) is 8.38. The van der Waals surface area contributed by atoms with Crippen LogP contribution in [0.4, 0.5) is 17.3 Å². The third kappa shape index (κ3) is 5.28. The van der Waals surface area contributed by atoms with Crippen LogP contribution in [0.2, 0.25) is 5.02 Å². The number of benzene rings is 1. The van der Waals surface area contributed by atoms with Crippen molar-refractivity contribution in [3.05, 3.63) is 59.6 Å². The van der Waals surface area contributed by atoms with Crippen LogP contribution in [0.1, 0.15) is 31.7 Å². The predicted octanol–water partition coefficient (Wildman–Crippen LogP) is 4.90. The molecule has 40 heavy (non-hydrogen) atoms. The summed E-state index contributed by atoms with van der Waals surface area (Å²) in [5.41, 5.74) is 5.37. The van der Waals surface area contributed by atoms with Gasteiger partial charge in [0, 0.05) is 69.0 Å². The van der Waals surface area contributed by atoms with Crippen molar-refractivity contribution in [2.45, 2.75) is 32.8 Å². The van der Waals surface area contributed by atoms with Gasteiger partial charge in [0.2, 0.25) is 5.95 Å². The molecule has 4 aromatic rings. The second-order valence-corrected chi connectivity index (χ2v) is 11.0. The maximum Gasteiger partial charge on any atom is 0.225 e. The van der Waals surface area contributed by atoms with Gasteiger partial charge in [-0.1, -0.05) is 24.9 Å². The molecule has 5 heterocycles. The lowest BCUT2D eigenvalue weighted by Crippen LogP contribution is -2.47. The summed E-state index contributed by atoms with van der Waals surface area (Å²) in [4.78, 5) is 21.4. The smallest absolute Gasteiger partial charge is 0.225 e. The number of piperazine rings is 1. The molecular formula is C30H36ClN7O2. The fourth-order valence-electron chi connectivity index (χ4n) is 5.82. The third-order valence-corrected chi connectivity index (χ3v) is 8.67. The van der Waals surface area contributed by atoms with Crippen LogP contribution in [0.25, 0.3) is 16.9 Å². The van der Waals surface area contributed by atoms with Crippen LogP contribution < -0.4 is 19.4 Å². The Morgan fingerprint density at radius 1 is 0.950 bits per heavy atom. The summed E-state index contributed by atoms with van der Waals surface area (Å²) in [7, 11) is 1.56. The Hall–Kier alpha value is -3.56. The van der Waals surface area contributed by atoms with E-state index >= 15 is 0 Å². The number of hydrogen-bond acceptors (Lipinski definition) is 8. The highest BCUT2D eigenvalue weighted by molar-refractivity contribution is 6.32. The first-order valence-electron chi connectivity index (χ1n) is 14.1. The monoisotopic (exact) mass is 561 g/mol. The van der Waals surface area contributed by atoms with E-state index in [2.05, 4.69) is 33.8 Å². The number of rotatable bonds is 7. The lowest BCUT2D eigenvalue weighted by atomic mass is 9.94. The van der Waals surface area contributed by atoms with E-state index in [-0.39, 0.29) is 6.61 Å². The molecule has 0 unspecified atom stereocenters. The van der Waals surface area contributed by atoms with Crippen molar-refractivity contribution in [3.63, 3.8) is 0 Å². The first-order valence-corrected chi connectivity index (χ1v) is 14.5. The van der Waals surface area contributed by atoms with Gasteiger partial charge in [-0.25, -0.2) is 15.0 Å². The average molecular weight is 562 g/mol. The van der Waals surface area contributed by atoms with Crippen molar-refractivity contribution in [2.75, 3.05) is 61.1 Å². The molecule has 2 saturated heterocycles. The minimum absolute atomic E-state index is 0.129. The van der Waals surface area contributed by atoms with Crippen LogP contribution in [0.3, 0.4) is 0 Å². The average Bonchev–Trinajstić information content (AvgIpc) is 3.44. The standard InChI is InChI=1S/C30H36ClN7O2/c1-3-21-4-7-35(8-5-21)24-17-32-30(33-18-24)37-12-10-36(11-13-37)23-6-9-38-19-27(34-29(38)15-23)25-16-26(31)28(40-2)14-22(25)20-39/h6,9,14-19,21,39H,3-5,7-8,10-13,20H2,1-2H3. The number of aliphatic hydroxyl groups is 1. The van der Waals surface area contributed by atoms with Crippen molar-refractivity contribution in [3.8, 4) is 17.0 Å². The highest BCUT2D eigenvalue weighted by Crippen LogP contribution is 2.34. The van der Waals surface area contributed by atoms with Crippen LogP contribution >= 0.6 is 11.6 Å². The Kier molecular flexibility index (Phi) is 7.67. The van der Waals surface area contributed by atoms with Crippen molar-refractivity contribution in [1.82, 2.24) is 19.4 Å². The number of fused-ring (bicyclic) bond motifs is 1. The number of hydrogen-bond donors (Lipinski definition) is 1. The first kappa shape index (κ1) is 26.7. The summed E-state index contributed by atoms with van der Waals surface area (Å²) in [5, 5.41) is 10.4. The Labute approximate surface area is 240 Å². The largest absolute Gasteiger partial charge is 0.495 e. The summed E-state index contributed by atoms with van der Waals surface area (Å²) in [6.07, 6.45) is 11.8. The Morgan fingerprint density at radius 3 is 2.33 bits per heavy atom. The van der Waals surface area contributed by atoms with Gasteiger partial charge in [0.1, 0.15) is 11.4 Å². The van der Waals surface area contributed by atoms with Crippen LogP contribution in [-0.4, -0.2) is 70.8 Å². The molecule has 0 saturated carbocycles. The van der Waals surface area contributed by atoms with Gasteiger partial charge in [0.05, 0.1) is 42.5 Å². The molecule has 9 nitrogen and oxygen atoms in total. The zero-order valence-corrected chi connectivity index (χ0v) is 23.9. The number of pyridine rings is 1. The van der Waals surface area contributed by atoms with E-state index in [4.69, 9.17) is 31.3 Å². The number of ether oxygens (including phenoxy) is 1. The summed E-state index contributed by atoms with van der Waals surface area (Å²) >= 11 is 6.38. The summed E-state index contributed by atoms with van der Waals surface area (Å²) in [6.45, 7) is 7.82. The van der Waals surface area contributed by atoms with Gasteiger partial charge in [-0.05, 0) is 42.5 Å². The summed E-state index contributed by atoms with van der Waals surface area (Å²) in [6, 6.07) is 7.79. The van der Waals surface area contributed by atoms with Gasteiger partial charge in [-0.2, -0.15) is 0 Å². The molecule has 2 fully saturated rings. The molecule has 0 radical (unpaired) electrons. The normalized spacial score (nSPS) is 16.6. The molecular weight excluding hydrogens is 526 g/mol. The molecule has 1 N–H and O–H groups in total. The van der Waals surface area contributed by atoms with E-state index in [1.165, 1.54) is 19.3 Å². The predicted molar refractivity (Wildman–Crippen MR) is 160 cm³/mol. The number of methoxy groups -OCH3 is 1. The number of piperidine rings is 1. The Bertz CT molecular complexity index is 1460. The fraction of sp³-hybridized carbons (Fsp3) is 0.433. The van der Waals surface area contributed by atoms with Crippen molar-refractivity contribution < 1.29 is 9.84 Å². The van der Waals surface area contributed by atoms with Crippen molar-refractivity contribution >= 4 is 34.6 Å². The van der Waals surface area contributed by atoms with Crippen LogP contribution in [0.15, 0.2) is 49.1 Å². The van der Waals surface area contributed by atoms with Gasteiger partial charge < -0.3 is 28.9 Å². The minimum Gasteiger partial charge on any atom is -0.495 e. The first-order chi connectivity index (χ1) is 19.6. The molecule has 2 aliphatic rings. The SMILES string of the molecule is CCC1CCN(c2cnc(N3CCN(c4ccn5cc(-c6cc(Cl)c(OC)cc6CO)nc5c4)CC3)nc2)CC1. The van der Waals surface area contributed by atoms with Crippen LogP contribution in [0.5, 0.6) is 5.75 Å². The zero-order chi connectivity index (χ0) is 27.6. The lowest BCUT2D eigenvalue weighted by Gasteiger charge is -2.36. The number of anilines is 3. The Balaban J connectivity index is 1.12. The molecule has 10 heteroatoms. The second kappa shape index (κ2) is 11.5. The number of aromatic nitrogens is 4. The van der Waals surface area contributed by atoms with Gasteiger partial charge in [-0.15, -0.1) is 0 Å². The number of halogens is 1. The highest BCUT2D eigenvalue weighted by Gasteiger charge is 2.22. The van der Waals surface area contributed by atoms with Crippen molar-refractivity contribution in [1.29, 1.82) is 0 Å². The molecule has 0 spiro atoms. The molecule has 210 valence electrons. The lowest BCUT2D eigenvalue weighted by molar-refractivity contribution is 0.281. The molecule has 0 amide bonds. The summed E-state index contributed by atoms with van der Waals surface area (Å²) in [5.74, 6) is 2.20. The maximum atomic E-state index is 9.92. The molecule has 0 atom stereocenters. The van der Waals surface area contributed by atoms with E-state index in [0.717, 1.165) is 85.0 Å². The van der Waals surface area contributed by atoms with Gasteiger partial charge in [-0.3, -0.25) is 0 Å². The molecule has 0 aliphatic carbocycles. The highest BCUT2D eigenvalue weighted by atomic mass is 35.5. The number of imidazole rings is 1. The van der Waals surface area contributed by atoms with Crippen molar-refractivity contribution in [2.24, 2.45) is 5.92 Å². The number of aliphatic hydroxyl groups excluding tert-OH is 1. The molecule has 1 aromatic carbocycles. The van der Waals surface area contributed by atoms with E-state index in [9.17, 15) is 5.11 Å². The molecule has 0 bridgehead atoms. The molecule has 3 aromatic heterocycles. The van der Waals surface area contributed by atoms with Gasteiger partial charge in [0.25, 0.3) is 0 Å². The van der Waals surface area contributed by atoms with Gasteiger partial charge >= 0.3 is 0 Å². The minimum atomic E-state index is -0.129. The topological polar surface area (TPSA) is 82.3 Å². The van der Waals surface area contributed by atoms with E-state index < -0.39 is 0 Å². The summed E-state index contributed by atoms with van der Waals surface area (Å²) < 4.78 is 7.30. The maximum absolute atomic E-state index is 9.92. The molecule has 6 rings (SSSR count). The fourth-order valence-corrected chi connectivity index (χ4v) is 6.06. The second-order valence-electron chi connectivity index (χ2n) is 10.6.